The summed E-state index contributed by atoms with van der Waals surface area (Å²) in [6.45, 7) is 2.06. The van der Waals surface area contributed by atoms with Crippen molar-refractivity contribution in [3.8, 4) is 11.1 Å². The van der Waals surface area contributed by atoms with Crippen molar-refractivity contribution in [2.75, 3.05) is 11.4 Å². The molecular weight excluding hydrogens is 391 g/mol. The summed E-state index contributed by atoms with van der Waals surface area (Å²) in [5, 5.41) is 8.06. The second-order valence-electron chi connectivity index (χ2n) is 6.72. The van der Waals surface area contributed by atoms with E-state index in [2.05, 4.69) is 21.5 Å². The van der Waals surface area contributed by atoms with Gasteiger partial charge in [-0.05, 0) is 29.3 Å². The molecule has 2 heterocycles. The normalized spacial score (nSPS) is 16.7. The van der Waals surface area contributed by atoms with Crippen LogP contribution in [0.25, 0.3) is 11.1 Å². The smallest absolute Gasteiger partial charge is 0.411 e. The van der Waals surface area contributed by atoms with Crippen LogP contribution in [0, 0.1) is 5.82 Å². The number of ether oxygens (including phenoxy) is 1. The molecule has 0 aromatic heterocycles. The van der Waals surface area contributed by atoms with E-state index >= 15 is 0 Å². The summed E-state index contributed by atoms with van der Waals surface area (Å²) in [6, 6.07) is 12.1. The number of rotatable bonds is 5. The van der Waals surface area contributed by atoms with E-state index in [9.17, 15) is 14.0 Å². The molecule has 9 nitrogen and oxygen atoms in total. The van der Waals surface area contributed by atoms with Gasteiger partial charge in [-0.25, -0.2) is 14.7 Å². The predicted molar refractivity (Wildman–Crippen MR) is 108 cm³/mol. The van der Waals surface area contributed by atoms with E-state index in [0.717, 1.165) is 11.1 Å². The van der Waals surface area contributed by atoms with Crippen LogP contribution in [-0.4, -0.2) is 29.9 Å². The maximum absolute atomic E-state index is 14.8. The Bertz CT molecular complexity index is 1040. The third-order valence-electron chi connectivity index (χ3n) is 4.53. The maximum atomic E-state index is 14.8. The molecule has 0 radical (unpaired) electrons. The highest BCUT2D eigenvalue weighted by atomic mass is 19.1. The Morgan fingerprint density at radius 3 is 2.77 bits per heavy atom. The molecule has 30 heavy (non-hydrogen) atoms. The highest BCUT2D eigenvalue weighted by Gasteiger charge is 2.29. The lowest BCUT2D eigenvalue weighted by Crippen LogP contribution is -2.36. The average Bonchev–Trinajstić information content (AvgIpc) is 3.36. The number of hydrogen-bond donors (Lipinski definition) is 3. The first-order valence-electron chi connectivity index (χ1n) is 9.14. The van der Waals surface area contributed by atoms with Gasteiger partial charge in [-0.1, -0.05) is 24.3 Å². The van der Waals surface area contributed by atoms with Gasteiger partial charge in [-0.2, -0.15) is 5.10 Å². The molecule has 2 aliphatic rings. The van der Waals surface area contributed by atoms with Gasteiger partial charge in [0.2, 0.25) is 5.91 Å². The lowest BCUT2D eigenvalue weighted by molar-refractivity contribution is -0.118. The molecule has 0 spiro atoms. The summed E-state index contributed by atoms with van der Waals surface area (Å²) in [6.07, 6.45) is 2.33. The van der Waals surface area contributed by atoms with Crippen LogP contribution in [0.5, 0.6) is 0 Å². The van der Waals surface area contributed by atoms with Crippen molar-refractivity contribution in [1.82, 2.24) is 21.4 Å². The predicted octanol–water partition coefficient (Wildman–Crippen LogP) is 2.19. The first-order valence-corrected chi connectivity index (χ1v) is 9.14. The summed E-state index contributed by atoms with van der Waals surface area (Å²) in [4.78, 5) is 24.4. The van der Waals surface area contributed by atoms with Gasteiger partial charge in [-0.15, -0.1) is 5.53 Å². The van der Waals surface area contributed by atoms with E-state index in [1.165, 1.54) is 24.1 Å². The highest BCUT2D eigenvalue weighted by Crippen LogP contribution is 2.30. The van der Waals surface area contributed by atoms with Gasteiger partial charge >= 0.3 is 6.09 Å². The Morgan fingerprint density at radius 2 is 2.10 bits per heavy atom. The van der Waals surface area contributed by atoms with Gasteiger partial charge in [-0.3, -0.25) is 14.7 Å². The molecule has 1 fully saturated rings. The lowest BCUT2D eigenvalue weighted by atomic mass is 10.0. The molecule has 4 rings (SSSR count). The molecule has 0 unspecified atom stereocenters. The number of cyclic esters (lactones) is 1. The zero-order chi connectivity index (χ0) is 21.1. The van der Waals surface area contributed by atoms with E-state index < -0.39 is 11.9 Å². The van der Waals surface area contributed by atoms with Crippen molar-refractivity contribution in [2.24, 2.45) is 5.10 Å². The molecule has 0 saturated carbocycles. The lowest BCUT2D eigenvalue weighted by Gasteiger charge is -2.15. The highest BCUT2D eigenvalue weighted by molar-refractivity contribution is 5.91. The maximum Gasteiger partial charge on any atom is 0.419 e. The number of hydrazone groups is 1. The minimum atomic E-state index is -0.628. The molecular formula is C20H19FN6O3. The van der Waals surface area contributed by atoms with Crippen LogP contribution in [0.3, 0.4) is 0 Å². The van der Waals surface area contributed by atoms with Crippen molar-refractivity contribution in [2.45, 2.75) is 13.5 Å². The molecule has 0 atom stereocenters. The Morgan fingerprint density at radius 1 is 1.30 bits per heavy atom. The number of carbonyl (C=O) groups excluding carboxylic acids is 2. The van der Waals surface area contributed by atoms with E-state index in [0.29, 0.717) is 17.8 Å². The van der Waals surface area contributed by atoms with Crippen LogP contribution in [0.2, 0.25) is 0 Å². The van der Waals surface area contributed by atoms with E-state index in [4.69, 9.17) is 4.74 Å². The summed E-state index contributed by atoms with van der Waals surface area (Å²) < 4.78 is 19.9. The largest absolute Gasteiger partial charge is 0.419 e. The monoisotopic (exact) mass is 410 g/mol. The first-order chi connectivity index (χ1) is 14.5. The molecule has 2 aliphatic heterocycles. The third kappa shape index (κ3) is 4.23. The summed E-state index contributed by atoms with van der Waals surface area (Å²) in [5.41, 5.74) is 8.01. The fourth-order valence-corrected chi connectivity index (χ4v) is 3.07. The Hall–Kier alpha value is -3.92. The standard InChI is InChI=1S/C20H19FN6O3/c1-13(28)22-9-17-11-27(20(29)30-17)16-6-7-18(19(21)8-16)15-4-2-14(3-5-15)10-26-12-23-24-25-26/h2-9,12,24-25H,10-11H2,1H3,(H,22,28)/b17-9-. The van der Waals surface area contributed by atoms with Gasteiger partial charge in [0.1, 0.15) is 17.9 Å². The van der Waals surface area contributed by atoms with Crippen LogP contribution in [0.1, 0.15) is 12.5 Å². The minimum Gasteiger partial charge on any atom is -0.411 e. The second kappa shape index (κ2) is 8.21. The van der Waals surface area contributed by atoms with Crippen molar-refractivity contribution in [3.63, 3.8) is 0 Å². The van der Waals surface area contributed by atoms with E-state index in [-0.39, 0.29) is 18.2 Å². The van der Waals surface area contributed by atoms with Crippen LogP contribution in [0.4, 0.5) is 14.9 Å². The van der Waals surface area contributed by atoms with Gasteiger partial charge in [0.25, 0.3) is 0 Å². The number of carbonyl (C=O) groups is 2. The SMILES string of the molecule is CC(=O)N/C=C1/CN(c2ccc(-c3ccc(CN4C=NNN4)cc3)c(F)c2)C(=O)O1. The molecule has 154 valence electrons. The zero-order valence-electron chi connectivity index (χ0n) is 16.1. The number of nitrogens with one attached hydrogen (secondary N) is 3. The molecule has 1 saturated heterocycles. The molecule has 2 aromatic carbocycles. The quantitative estimate of drug-likeness (QED) is 0.699. The minimum absolute atomic E-state index is 0.106. The van der Waals surface area contributed by atoms with Crippen LogP contribution in [0.15, 0.2) is 59.5 Å². The summed E-state index contributed by atoms with van der Waals surface area (Å²) >= 11 is 0. The zero-order valence-corrected chi connectivity index (χ0v) is 16.1. The number of hydrazine groups is 2. The number of benzene rings is 2. The number of anilines is 1. The average molecular weight is 410 g/mol. The number of hydrogen-bond acceptors (Lipinski definition) is 7. The molecule has 10 heteroatoms. The molecule has 2 amide bonds. The molecule has 3 N–H and O–H groups in total. The van der Waals surface area contributed by atoms with Crippen molar-refractivity contribution < 1.29 is 18.7 Å². The number of amides is 2. The Kier molecular flexibility index (Phi) is 5.31. The van der Waals surface area contributed by atoms with Crippen molar-refractivity contribution >= 4 is 24.0 Å². The topological polar surface area (TPSA) is 98.3 Å². The van der Waals surface area contributed by atoms with E-state index in [1.807, 2.05) is 24.3 Å². The first kappa shape index (κ1) is 19.4. The van der Waals surface area contributed by atoms with Gasteiger partial charge < -0.3 is 10.1 Å². The molecule has 0 bridgehead atoms. The second-order valence-corrected chi connectivity index (χ2v) is 6.72. The fourth-order valence-electron chi connectivity index (χ4n) is 3.07. The van der Waals surface area contributed by atoms with Gasteiger partial charge in [0.05, 0.1) is 18.8 Å². The van der Waals surface area contributed by atoms with Crippen LogP contribution >= 0.6 is 0 Å². The van der Waals surface area contributed by atoms with Gasteiger partial charge in [0.15, 0.2) is 0 Å². The number of nitrogens with zero attached hydrogens (tertiary/aromatic N) is 3. The summed E-state index contributed by atoms with van der Waals surface area (Å²) in [7, 11) is 0. The Labute approximate surface area is 171 Å². The van der Waals surface area contributed by atoms with E-state index in [1.54, 1.807) is 23.5 Å². The molecule has 0 aliphatic carbocycles. The van der Waals surface area contributed by atoms with Crippen molar-refractivity contribution in [3.05, 3.63) is 65.8 Å². The molecule has 2 aromatic rings. The Balaban J connectivity index is 1.48. The van der Waals surface area contributed by atoms with Crippen molar-refractivity contribution in [1.29, 1.82) is 0 Å². The van der Waals surface area contributed by atoms with Gasteiger partial charge in [0, 0.05) is 18.7 Å². The fraction of sp³-hybridized carbons (Fsp3) is 0.150. The summed E-state index contributed by atoms with van der Waals surface area (Å²) in [5.74, 6) is -0.451. The van der Waals surface area contributed by atoms with Crippen LogP contribution in [-0.2, 0) is 16.1 Å². The third-order valence-corrected chi connectivity index (χ3v) is 4.53. The number of halogens is 1. The van der Waals surface area contributed by atoms with Crippen LogP contribution < -0.4 is 21.3 Å².